The number of aromatic amines is 1. The van der Waals surface area contributed by atoms with Crippen molar-refractivity contribution in [3.05, 3.63) is 48.0 Å². The van der Waals surface area contributed by atoms with Gasteiger partial charge in [0.05, 0.1) is 25.5 Å². The Morgan fingerprint density at radius 3 is 2.96 bits per heavy atom. The Morgan fingerprint density at radius 2 is 2.17 bits per heavy atom. The van der Waals surface area contributed by atoms with Crippen LogP contribution in [-0.4, -0.2) is 40.3 Å². The summed E-state index contributed by atoms with van der Waals surface area (Å²) < 4.78 is 5.56. The van der Waals surface area contributed by atoms with E-state index in [2.05, 4.69) is 20.5 Å². The Kier molecular flexibility index (Phi) is 5.37. The summed E-state index contributed by atoms with van der Waals surface area (Å²) >= 11 is 0. The van der Waals surface area contributed by atoms with E-state index < -0.39 is 0 Å². The summed E-state index contributed by atoms with van der Waals surface area (Å²) in [6, 6.07) is 4.13. The second kappa shape index (κ2) is 7.87. The molecule has 1 fully saturated rings. The Balaban J connectivity index is 1.43. The van der Waals surface area contributed by atoms with Gasteiger partial charge in [-0.3, -0.25) is 14.9 Å². The van der Waals surface area contributed by atoms with Crippen LogP contribution in [0.2, 0.25) is 0 Å². The van der Waals surface area contributed by atoms with Gasteiger partial charge < -0.3 is 10.1 Å². The van der Waals surface area contributed by atoms with Crippen LogP contribution in [0.15, 0.2) is 36.9 Å². The van der Waals surface area contributed by atoms with E-state index in [4.69, 9.17) is 4.74 Å². The van der Waals surface area contributed by atoms with E-state index in [0.717, 1.165) is 24.8 Å². The van der Waals surface area contributed by atoms with Gasteiger partial charge in [-0.2, -0.15) is 5.10 Å². The smallest absolute Gasteiger partial charge is 0.220 e. The summed E-state index contributed by atoms with van der Waals surface area (Å²) in [5.74, 6) is 0.430. The van der Waals surface area contributed by atoms with Gasteiger partial charge in [-0.25, -0.2) is 0 Å². The molecular formula is C17H22N4O2. The highest BCUT2D eigenvalue weighted by Crippen LogP contribution is 2.19. The van der Waals surface area contributed by atoms with Crippen molar-refractivity contribution < 1.29 is 9.53 Å². The van der Waals surface area contributed by atoms with Crippen molar-refractivity contribution >= 4 is 5.91 Å². The van der Waals surface area contributed by atoms with E-state index in [-0.39, 0.29) is 11.9 Å². The number of carbonyl (C=O) groups is 1. The van der Waals surface area contributed by atoms with E-state index in [0.29, 0.717) is 25.6 Å². The largest absolute Gasteiger partial charge is 0.379 e. The molecule has 2 aromatic rings. The number of rotatable bonds is 7. The number of nitrogens with one attached hydrogen (secondary N) is 2. The lowest BCUT2D eigenvalue weighted by atomic mass is 9.95. The van der Waals surface area contributed by atoms with Gasteiger partial charge in [0.1, 0.15) is 0 Å². The lowest BCUT2D eigenvalue weighted by Gasteiger charge is -2.19. The van der Waals surface area contributed by atoms with Gasteiger partial charge in [0.15, 0.2) is 0 Å². The molecule has 3 heterocycles. The summed E-state index contributed by atoms with van der Waals surface area (Å²) in [5.41, 5.74) is 2.37. The third kappa shape index (κ3) is 4.63. The summed E-state index contributed by atoms with van der Waals surface area (Å²) in [6.07, 6.45) is 10.4. The number of aromatic nitrogens is 3. The molecule has 0 radical (unpaired) electrons. The highest BCUT2D eigenvalue weighted by molar-refractivity contribution is 5.76. The zero-order valence-electron chi connectivity index (χ0n) is 13.1. The first-order valence-electron chi connectivity index (χ1n) is 8.05. The monoisotopic (exact) mass is 314 g/mol. The SMILES string of the molecule is O=C(CCCc1cn[nH]c1)N[C@H]1COC[C@H]1Cc1ccncc1. The van der Waals surface area contributed by atoms with Crippen molar-refractivity contribution in [1.29, 1.82) is 0 Å². The highest BCUT2D eigenvalue weighted by Gasteiger charge is 2.29. The van der Waals surface area contributed by atoms with Crippen molar-refractivity contribution in [3.63, 3.8) is 0 Å². The van der Waals surface area contributed by atoms with Gasteiger partial charge in [0, 0.05) is 30.9 Å². The second-order valence-electron chi connectivity index (χ2n) is 5.99. The molecule has 122 valence electrons. The lowest BCUT2D eigenvalue weighted by Crippen LogP contribution is -2.40. The van der Waals surface area contributed by atoms with E-state index in [9.17, 15) is 4.79 Å². The maximum Gasteiger partial charge on any atom is 0.220 e. The predicted molar refractivity (Wildman–Crippen MR) is 85.7 cm³/mol. The van der Waals surface area contributed by atoms with Crippen LogP contribution >= 0.6 is 0 Å². The van der Waals surface area contributed by atoms with Crippen LogP contribution < -0.4 is 5.32 Å². The van der Waals surface area contributed by atoms with Crippen molar-refractivity contribution in [2.75, 3.05) is 13.2 Å². The summed E-state index contributed by atoms with van der Waals surface area (Å²) in [4.78, 5) is 16.2. The number of hydrogen-bond acceptors (Lipinski definition) is 4. The molecule has 0 unspecified atom stereocenters. The fraction of sp³-hybridized carbons (Fsp3) is 0.471. The Hall–Kier alpha value is -2.21. The summed E-state index contributed by atoms with van der Waals surface area (Å²) in [6.45, 7) is 1.30. The topological polar surface area (TPSA) is 79.9 Å². The number of aryl methyl sites for hydroxylation is 1. The minimum atomic E-state index is 0.101. The van der Waals surface area contributed by atoms with E-state index in [1.807, 2.05) is 18.3 Å². The first kappa shape index (κ1) is 15.7. The molecule has 2 atom stereocenters. The first-order valence-corrected chi connectivity index (χ1v) is 8.05. The molecule has 6 heteroatoms. The van der Waals surface area contributed by atoms with E-state index in [1.165, 1.54) is 5.56 Å². The Labute approximate surface area is 135 Å². The van der Waals surface area contributed by atoms with Gasteiger partial charge in [0.2, 0.25) is 5.91 Å². The second-order valence-corrected chi connectivity index (χ2v) is 5.99. The number of amides is 1. The van der Waals surface area contributed by atoms with Crippen LogP contribution in [-0.2, 0) is 22.4 Å². The molecular weight excluding hydrogens is 292 g/mol. The van der Waals surface area contributed by atoms with Gasteiger partial charge in [-0.15, -0.1) is 0 Å². The number of ether oxygens (including phenoxy) is 1. The predicted octanol–water partition coefficient (Wildman–Crippen LogP) is 1.50. The molecule has 1 aliphatic heterocycles. The average molecular weight is 314 g/mol. The summed E-state index contributed by atoms with van der Waals surface area (Å²) in [5, 5.41) is 9.82. The minimum absolute atomic E-state index is 0.101. The van der Waals surface area contributed by atoms with Crippen LogP contribution in [0.5, 0.6) is 0 Å². The molecule has 6 nitrogen and oxygen atoms in total. The lowest BCUT2D eigenvalue weighted by molar-refractivity contribution is -0.122. The molecule has 0 saturated carbocycles. The maximum atomic E-state index is 12.1. The van der Waals surface area contributed by atoms with Crippen molar-refractivity contribution in [3.8, 4) is 0 Å². The van der Waals surface area contributed by atoms with Crippen molar-refractivity contribution in [2.45, 2.75) is 31.7 Å². The first-order chi connectivity index (χ1) is 11.3. The molecule has 0 spiro atoms. The van der Waals surface area contributed by atoms with Gasteiger partial charge >= 0.3 is 0 Å². The van der Waals surface area contributed by atoms with Gasteiger partial charge in [-0.1, -0.05) is 0 Å². The summed E-state index contributed by atoms with van der Waals surface area (Å²) in [7, 11) is 0. The standard InChI is InChI=1S/C17H22N4O2/c22-17(3-1-2-14-9-19-20-10-14)21-16-12-23-11-15(16)8-13-4-6-18-7-5-13/h4-7,9-10,15-16H,1-3,8,11-12H2,(H,19,20)(H,21,22)/t15-,16+/m1/s1. The number of H-pyrrole nitrogens is 1. The van der Waals surface area contributed by atoms with Gasteiger partial charge in [0.25, 0.3) is 0 Å². The third-order valence-corrected chi connectivity index (χ3v) is 4.22. The average Bonchev–Trinajstić information content (AvgIpc) is 3.21. The zero-order valence-corrected chi connectivity index (χ0v) is 13.1. The van der Waals surface area contributed by atoms with E-state index in [1.54, 1.807) is 18.6 Å². The van der Waals surface area contributed by atoms with Crippen LogP contribution in [0.3, 0.4) is 0 Å². The Bertz CT molecular complexity index is 600. The molecule has 2 N–H and O–H groups in total. The number of hydrogen-bond donors (Lipinski definition) is 2. The molecule has 1 saturated heterocycles. The molecule has 1 aliphatic rings. The van der Waals surface area contributed by atoms with Crippen LogP contribution in [0, 0.1) is 5.92 Å². The van der Waals surface area contributed by atoms with E-state index >= 15 is 0 Å². The van der Waals surface area contributed by atoms with Crippen molar-refractivity contribution in [1.82, 2.24) is 20.5 Å². The fourth-order valence-electron chi connectivity index (χ4n) is 2.93. The van der Waals surface area contributed by atoms with Crippen LogP contribution in [0.25, 0.3) is 0 Å². The minimum Gasteiger partial charge on any atom is -0.379 e. The normalized spacial score (nSPS) is 20.5. The van der Waals surface area contributed by atoms with Crippen molar-refractivity contribution in [2.24, 2.45) is 5.92 Å². The number of nitrogens with zero attached hydrogens (tertiary/aromatic N) is 2. The molecule has 1 amide bonds. The molecule has 2 aromatic heterocycles. The number of pyridine rings is 1. The molecule has 0 aliphatic carbocycles. The molecule has 0 aromatic carbocycles. The molecule has 23 heavy (non-hydrogen) atoms. The third-order valence-electron chi connectivity index (χ3n) is 4.22. The highest BCUT2D eigenvalue weighted by atomic mass is 16.5. The fourth-order valence-corrected chi connectivity index (χ4v) is 2.93. The number of carbonyl (C=O) groups excluding carboxylic acids is 1. The van der Waals surface area contributed by atoms with Gasteiger partial charge in [-0.05, 0) is 42.5 Å². The van der Waals surface area contributed by atoms with Crippen LogP contribution in [0.1, 0.15) is 24.0 Å². The quantitative estimate of drug-likeness (QED) is 0.811. The molecule has 0 bridgehead atoms. The van der Waals surface area contributed by atoms with Crippen LogP contribution in [0.4, 0.5) is 0 Å². The maximum absolute atomic E-state index is 12.1. The zero-order chi connectivity index (χ0) is 15.9. The Morgan fingerprint density at radius 1 is 1.30 bits per heavy atom. The molecule has 3 rings (SSSR count).